The van der Waals surface area contributed by atoms with Crippen LogP contribution < -0.4 is 19.7 Å². The summed E-state index contributed by atoms with van der Waals surface area (Å²) in [4.78, 5) is 26.1. The van der Waals surface area contributed by atoms with Crippen molar-refractivity contribution in [2.75, 3.05) is 25.2 Å². The highest BCUT2D eigenvalue weighted by Crippen LogP contribution is 2.41. The topological polar surface area (TPSA) is 67.9 Å². The zero-order chi connectivity index (χ0) is 20.2. The molecular weight excluding hydrogens is 368 g/mol. The molecular formula is C23H26N2O4. The Morgan fingerprint density at radius 1 is 1.10 bits per heavy atom. The molecule has 4 rings (SSSR count). The average molecular weight is 394 g/mol. The second-order valence-electron chi connectivity index (χ2n) is 7.59. The summed E-state index contributed by atoms with van der Waals surface area (Å²) in [5.41, 5.74) is 1.96. The third kappa shape index (κ3) is 4.70. The van der Waals surface area contributed by atoms with E-state index in [1.54, 1.807) is 24.1 Å². The van der Waals surface area contributed by atoms with Gasteiger partial charge in [-0.3, -0.25) is 9.59 Å². The van der Waals surface area contributed by atoms with Crippen LogP contribution in [0.2, 0.25) is 0 Å². The molecule has 6 nitrogen and oxygen atoms in total. The maximum absolute atomic E-state index is 12.5. The van der Waals surface area contributed by atoms with Gasteiger partial charge in [0, 0.05) is 18.7 Å². The van der Waals surface area contributed by atoms with E-state index in [9.17, 15) is 9.59 Å². The lowest BCUT2D eigenvalue weighted by molar-refractivity contribution is -0.124. The zero-order valence-corrected chi connectivity index (χ0v) is 16.6. The first-order valence-electron chi connectivity index (χ1n) is 10.1. The lowest BCUT2D eigenvalue weighted by Gasteiger charge is -2.19. The first-order valence-corrected chi connectivity index (χ1v) is 10.1. The van der Waals surface area contributed by atoms with E-state index in [1.165, 1.54) is 0 Å². The quantitative estimate of drug-likeness (QED) is 0.744. The van der Waals surface area contributed by atoms with Crippen molar-refractivity contribution in [3.05, 3.63) is 54.1 Å². The Morgan fingerprint density at radius 3 is 2.38 bits per heavy atom. The molecule has 2 amide bonds. The first kappa shape index (κ1) is 19.3. The van der Waals surface area contributed by atoms with Crippen LogP contribution in [-0.2, 0) is 9.59 Å². The predicted molar refractivity (Wildman–Crippen MR) is 110 cm³/mol. The van der Waals surface area contributed by atoms with Gasteiger partial charge in [-0.15, -0.1) is 0 Å². The van der Waals surface area contributed by atoms with Gasteiger partial charge in [-0.25, -0.2) is 0 Å². The molecule has 0 aromatic heterocycles. The molecule has 1 heterocycles. The summed E-state index contributed by atoms with van der Waals surface area (Å²) in [6.07, 6.45) is 3.74. The van der Waals surface area contributed by atoms with Gasteiger partial charge in [0.1, 0.15) is 11.5 Å². The van der Waals surface area contributed by atoms with Crippen LogP contribution in [0.3, 0.4) is 0 Å². The fraction of sp³-hybridized carbons (Fsp3) is 0.391. The van der Waals surface area contributed by atoms with Crippen LogP contribution in [0.15, 0.2) is 48.5 Å². The Hall–Kier alpha value is -3.02. The molecule has 0 radical (unpaired) electrons. The molecule has 2 aromatic carbocycles. The molecule has 1 atom stereocenters. The van der Waals surface area contributed by atoms with Gasteiger partial charge in [0.25, 0.3) is 5.91 Å². The summed E-state index contributed by atoms with van der Waals surface area (Å²) in [6, 6.07) is 15.2. The van der Waals surface area contributed by atoms with Gasteiger partial charge < -0.3 is 19.7 Å². The summed E-state index contributed by atoms with van der Waals surface area (Å²) in [5.74, 6) is 1.91. The van der Waals surface area contributed by atoms with Crippen molar-refractivity contribution >= 4 is 17.5 Å². The number of anilines is 1. The monoisotopic (exact) mass is 394 g/mol. The Morgan fingerprint density at radius 2 is 1.79 bits per heavy atom. The summed E-state index contributed by atoms with van der Waals surface area (Å²) in [5, 5.41) is 3.11. The van der Waals surface area contributed by atoms with E-state index in [0.29, 0.717) is 18.1 Å². The van der Waals surface area contributed by atoms with Crippen LogP contribution in [0.4, 0.5) is 5.69 Å². The highest BCUT2D eigenvalue weighted by atomic mass is 16.5. The summed E-state index contributed by atoms with van der Waals surface area (Å²) < 4.78 is 10.9. The summed E-state index contributed by atoms with van der Waals surface area (Å²) in [6.45, 7) is 0.719. The molecule has 1 saturated carbocycles. The molecule has 1 aliphatic heterocycles. The zero-order valence-electron chi connectivity index (χ0n) is 16.6. The number of amides is 2. The smallest absolute Gasteiger partial charge is 0.258 e. The van der Waals surface area contributed by atoms with Crippen LogP contribution in [0.1, 0.15) is 37.3 Å². The molecule has 2 fully saturated rings. The Labute approximate surface area is 170 Å². The molecule has 152 valence electrons. The molecule has 0 unspecified atom stereocenters. The van der Waals surface area contributed by atoms with Crippen LogP contribution in [-0.4, -0.2) is 32.1 Å². The van der Waals surface area contributed by atoms with Gasteiger partial charge in [-0.05, 0) is 67.1 Å². The van der Waals surface area contributed by atoms with E-state index in [4.69, 9.17) is 9.47 Å². The first-order chi connectivity index (χ1) is 14.1. The number of methoxy groups -OCH3 is 1. The van der Waals surface area contributed by atoms with Crippen molar-refractivity contribution in [3.63, 3.8) is 0 Å². The lowest BCUT2D eigenvalue weighted by Crippen LogP contribution is -2.33. The Balaban J connectivity index is 1.32. The summed E-state index contributed by atoms with van der Waals surface area (Å²) >= 11 is 0. The molecule has 1 saturated heterocycles. The minimum absolute atomic E-state index is 0.000520. The maximum atomic E-state index is 12.5. The number of carbonyl (C=O) groups excluding carboxylic acids is 2. The number of ether oxygens (including phenoxy) is 2. The Kier molecular flexibility index (Phi) is 5.69. The van der Waals surface area contributed by atoms with E-state index in [1.807, 2.05) is 36.4 Å². The highest BCUT2D eigenvalue weighted by Gasteiger charge is 2.33. The minimum Gasteiger partial charge on any atom is -0.497 e. The van der Waals surface area contributed by atoms with Gasteiger partial charge in [0.05, 0.1) is 13.2 Å². The second kappa shape index (κ2) is 8.55. The SMILES string of the molecule is COc1ccc([C@H](NC(=O)COc2ccc(N3CCCC3=O)cc2)C2CC2)cc1. The van der Waals surface area contributed by atoms with Crippen LogP contribution in [0.5, 0.6) is 11.5 Å². The lowest BCUT2D eigenvalue weighted by atomic mass is 10.0. The van der Waals surface area contributed by atoms with E-state index >= 15 is 0 Å². The standard InChI is InChI=1S/C23H26N2O4/c1-28-19-10-6-17(7-11-19)23(16-4-5-16)24-21(26)15-29-20-12-8-18(9-13-20)25-14-2-3-22(25)27/h6-13,16,23H,2-5,14-15H2,1H3,(H,24,26)/t23-/m1/s1. The average Bonchev–Trinajstić information content (AvgIpc) is 3.51. The summed E-state index contributed by atoms with van der Waals surface area (Å²) in [7, 11) is 1.64. The number of hydrogen-bond acceptors (Lipinski definition) is 4. The molecule has 6 heteroatoms. The van der Waals surface area contributed by atoms with E-state index in [-0.39, 0.29) is 24.5 Å². The van der Waals surface area contributed by atoms with Crippen LogP contribution in [0.25, 0.3) is 0 Å². The molecule has 0 spiro atoms. The van der Waals surface area contributed by atoms with E-state index in [2.05, 4.69) is 5.32 Å². The number of nitrogens with zero attached hydrogens (tertiary/aromatic N) is 1. The fourth-order valence-corrected chi connectivity index (χ4v) is 3.72. The molecule has 1 aliphatic carbocycles. The van der Waals surface area contributed by atoms with Crippen molar-refractivity contribution in [3.8, 4) is 11.5 Å². The highest BCUT2D eigenvalue weighted by molar-refractivity contribution is 5.95. The third-order valence-corrected chi connectivity index (χ3v) is 5.48. The van der Waals surface area contributed by atoms with Gasteiger partial charge in [0.15, 0.2) is 6.61 Å². The maximum Gasteiger partial charge on any atom is 0.258 e. The van der Waals surface area contributed by atoms with Crippen LogP contribution in [0, 0.1) is 5.92 Å². The Bertz CT molecular complexity index is 859. The number of nitrogens with one attached hydrogen (secondary N) is 1. The predicted octanol–water partition coefficient (Wildman–Crippen LogP) is 3.47. The largest absolute Gasteiger partial charge is 0.497 e. The van der Waals surface area contributed by atoms with E-state index in [0.717, 1.165) is 42.8 Å². The van der Waals surface area contributed by atoms with Gasteiger partial charge >= 0.3 is 0 Å². The van der Waals surface area contributed by atoms with Crippen LogP contribution >= 0.6 is 0 Å². The van der Waals surface area contributed by atoms with Crippen molar-refractivity contribution in [2.45, 2.75) is 31.7 Å². The van der Waals surface area contributed by atoms with Crippen molar-refractivity contribution in [1.82, 2.24) is 5.32 Å². The van der Waals surface area contributed by atoms with Gasteiger partial charge in [-0.1, -0.05) is 12.1 Å². The molecule has 0 bridgehead atoms. The molecule has 1 N–H and O–H groups in total. The molecule has 2 aliphatic rings. The normalized spacial score (nSPS) is 17.1. The number of hydrogen-bond donors (Lipinski definition) is 1. The minimum atomic E-state index is -0.142. The second-order valence-corrected chi connectivity index (χ2v) is 7.59. The van der Waals surface area contributed by atoms with Crippen molar-refractivity contribution < 1.29 is 19.1 Å². The van der Waals surface area contributed by atoms with Crippen molar-refractivity contribution in [1.29, 1.82) is 0 Å². The van der Waals surface area contributed by atoms with E-state index < -0.39 is 0 Å². The van der Waals surface area contributed by atoms with Gasteiger partial charge in [0.2, 0.25) is 5.91 Å². The third-order valence-electron chi connectivity index (χ3n) is 5.48. The number of carbonyl (C=O) groups is 2. The van der Waals surface area contributed by atoms with Gasteiger partial charge in [-0.2, -0.15) is 0 Å². The van der Waals surface area contributed by atoms with Crippen molar-refractivity contribution in [2.24, 2.45) is 5.92 Å². The number of benzene rings is 2. The number of rotatable bonds is 8. The molecule has 2 aromatic rings. The molecule has 29 heavy (non-hydrogen) atoms. The fourth-order valence-electron chi connectivity index (χ4n) is 3.72.